The first kappa shape index (κ1) is 42.3. The first-order chi connectivity index (χ1) is 26.9. The van der Waals surface area contributed by atoms with Crippen molar-refractivity contribution >= 4 is 20.1 Å². The molecule has 14 nitrogen and oxygen atoms in total. The molecule has 4 atom stereocenters. The van der Waals surface area contributed by atoms with E-state index in [0.29, 0.717) is 11.5 Å². The Labute approximate surface area is 328 Å². The number of benzene rings is 3. The SMILES string of the molecule is COc1ccc(C(OC[C@H]2O[C@@H](n3cc(NC(C)=O)c(=O)[nH]c3=O)C[C@@H]2OP(OCCC#N)N(C(C)C)C(C)C)(c2ccccc2)c2ccc(OC)cc2)cc1. The lowest BCUT2D eigenvalue weighted by atomic mass is 9.80. The lowest BCUT2D eigenvalue weighted by Gasteiger charge is -2.39. The summed E-state index contributed by atoms with van der Waals surface area (Å²) < 4.78 is 41.4. The smallest absolute Gasteiger partial charge is 0.330 e. The number of nitrogens with zero attached hydrogens (tertiary/aromatic N) is 3. The largest absolute Gasteiger partial charge is 0.497 e. The number of amides is 1. The Morgan fingerprint density at radius 2 is 1.54 bits per heavy atom. The van der Waals surface area contributed by atoms with Crippen LogP contribution in [-0.4, -0.2) is 71.9 Å². The molecule has 1 fully saturated rings. The second kappa shape index (κ2) is 19.3. The monoisotopic (exact) mass is 787 g/mol. The topological polar surface area (TPSA) is 166 Å². The zero-order valence-electron chi connectivity index (χ0n) is 32.8. The fourth-order valence-corrected chi connectivity index (χ4v) is 8.56. The Balaban J connectivity index is 1.62. The van der Waals surface area contributed by atoms with Gasteiger partial charge in [-0.2, -0.15) is 5.26 Å². The maximum absolute atomic E-state index is 13.3. The number of aromatic nitrogens is 2. The van der Waals surface area contributed by atoms with Gasteiger partial charge in [-0.1, -0.05) is 54.6 Å². The quantitative estimate of drug-likeness (QED) is 0.0645. The van der Waals surface area contributed by atoms with Crippen LogP contribution in [0.4, 0.5) is 5.69 Å². The van der Waals surface area contributed by atoms with Gasteiger partial charge in [0.1, 0.15) is 35.1 Å². The van der Waals surface area contributed by atoms with Crippen molar-refractivity contribution in [2.75, 3.05) is 32.8 Å². The molecule has 56 heavy (non-hydrogen) atoms. The highest BCUT2D eigenvalue weighted by atomic mass is 31.2. The maximum Gasteiger partial charge on any atom is 0.330 e. The van der Waals surface area contributed by atoms with Gasteiger partial charge in [0.2, 0.25) is 5.91 Å². The predicted octanol–water partition coefficient (Wildman–Crippen LogP) is 6.47. The van der Waals surface area contributed by atoms with E-state index in [1.54, 1.807) is 14.2 Å². The van der Waals surface area contributed by atoms with E-state index in [1.165, 1.54) is 17.7 Å². The molecule has 15 heteroatoms. The molecule has 0 saturated carbocycles. The molecule has 1 saturated heterocycles. The van der Waals surface area contributed by atoms with Gasteiger partial charge in [-0.25, -0.2) is 9.46 Å². The number of ether oxygens (including phenoxy) is 4. The molecule has 4 aromatic rings. The number of H-pyrrole nitrogens is 1. The van der Waals surface area contributed by atoms with E-state index in [9.17, 15) is 19.6 Å². The minimum Gasteiger partial charge on any atom is -0.497 e. The minimum atomic E-state index is -1.74. The number of hydrogen-bond donors (Lipinski definition) is 2. The van der Waals surface area contributed by atoms with Crippen molar-refractivity contribution < 1.29 is 32.8 Å². The number of hydrogen-bond acceptors (Lipinski definition) is 11. The van der Waals surface area contributed by atoms with Crippen molar-refractivity contribution in [3.05, 3.63) is 123 Å². The van der Waals surface area contributed by atoms with Gasteiger partial charge < -0.3 is 33.3 Å². The molecule has 3 aromatic carbocycles. The lowest BCUT2D eigenvalue weighted by molar-refractivity contribution is -0.114. The van der Waals surface area contributed by atoms with Crippen LogP contribution < -0.4 is 26.0 Å². The highest BCUT2D eigenvalue weighted by Gasteiger charge is 2.45. The third-order valence-electron chi connectivity index (χ3n) is 9.29. The van der Waals surface area contributed by atoms with Crippen molar-refractivity contribution in [3.8, 4) is 17.6 Å². The normalized spacial score (nSPS) is 17.6. The summed E-state index contributed by atoms with van der Waals surface area (Å²) in [6.45, 7) is 9.57. The zero-order valence-corrected chi connectivity index (χ0v) is 33.7. The summed E-state index contributed by atoms with van der Waals surface area (Å²) in [4.78, 5) is 40.1. The molecule has 2 N–H and O–H groups in total. The Kier molecular flexibility index (Phi) is 14.6. The van der Waals surface area contributed by atoms with E-state index in [-0.39, 0.29) is 43.8 Å². The van der Waals surface area contributed by atoms with Gasteiger partial charge in [0.15, 0.2) is 0 Å². The summed E-state index contributed by atoms with van der Waals surface area (Å²) in [5.74, 6) is 0.878. The summed E-state index contributed by atoms with van der Waals surface area (Å²) in [7, 11) is 1.48. The van der Waals surface area contributed by atoms with Crippen LogP contribution in [-0.2, 0) is 28.9 Å². The summed E-state index contributed by atoms with van der Waals surface area (Å²) in [6.07, 6.45) is -0.805. The number of anilines is 1. The summed E-state index contributed by atoms with van der Waals surface area (Å²) in [5.41, 5.74) is -0.284. The van der Waals surface area contributed by atoms with E-state index >= 15 is 0 Å². The van der Waals surface area contributed by atoms with Gasteiger partial charge in [0.25, 0.3) is 14.1 Å². The predicted molar refractivity (Wildman–Crippen MR) is 213 cm³/mol. The number of aromatic amines is 1. The lowest BCUT2D eigenvalue weighted by Crippen LogP contribution is -2.39. The molecule has 1 aliphatic heterocycles. The van der Waals surface area contributed by atoms with Gasteiger partial charge in [-0.3, -0.25) is 19.1 Å². The first-order valence-corrected chi connectivity index (χ1v) is 19.6. The van der Waals surface area contributed by atoms with E-state index < -0.39 is 49.7 Å². The van der Waals surface area contributed by atoms with Gasteiger partial charge >= 0.3 is 5.69 Å². The summed E-state index contributed by atoms with van der Waals surface area (Å²) in [6, 6.07) is 27.3. The molecule has 1 aromatic heterocycles. The molecule has 5 rings (SSSR count). The van der Waals surface area contributed by atoms with Crippen molar-refractivity contribution in [3.63, 3.8) is 0 Å². The number of rotatable bonds is 18. The standard InChI is InChI=1S/C41H50N5O9P/c1-27(2)46(28(3)4)56(53-23-11-22-42)55-36-24-38(45-25-35(43-29(5)47)39(48)44-40(45)49)54-37(36)26-52-41(30-12-9-8-10-13-30,31-14-18-33(50-6)19-15-31)32-16-20-34(51-7)21-17-32/h8-10,12-21,25,27-28,36-38H,11,23-24,26H2,1-7H3,(H,43,47)(H,44,48,49)/t36-,37+,38+,56?/m0/s1. The van der Waals surface area contributed by atoms with Crippen molar-refractivity contribution in [1.29, 1.82) is 5.26 Å². The van der Waals surface area contributed by atoms with Crippen LogP contribution >= 0.6 is 8.53 Å². The highest BCUT2D eigenvalue weighted by molar-refractivity contribution is 7.44. The van der Waals surface area contributed by atoms with Crippen LogP contribution in [0.25, 0.3) is 0 Å². The molecule has 1 aliphatic rings. The van der Waals surface area contributed by atoms with Crippen LogP contribution in [0.3, 0.4) is 0 Å². The Hall–Kier alpha value is -4.87. The van der Waals surface area contributed by atoms with Crippen LogP contribution in [0, 0.1) is 11.3 Å². The third kappa shape index (κ3) is 9.73. The molecular formula is C41H50N5O9P. The molecule has 0 radical (unpaired) electrons. The highest BCUT2D eigenvalue weighted by Crippen LogP contribution is 2.50. The Morgan fingerprint density at radius 1 is 0.964 bits per heavy atom. The van der Waals surface area contributed by atoms with Crippen molar-refractivity contribution in [2.24, 2.45) is 0 Å². The fraction of sp³-hybridized carbons (Fsp3) is 0.415. The Morgan fingerprint density at radius 3 is 2.05 bits per heavy atom. The van der Waals surface area contributed by atoms with Gasteiger partial charge in [-0.05, 0) is 68.7 Å². The Bertz CT molecular complexity index is 1990. The summed E-state index contributed by atoms with van der Waals surface area (Å²) in [5, 5.41) is 11.8. The minimum absolute atomic E-state index is 0.0221. The molecular weight excluding hydrogens is 737 g/mol. The second-order valence-corrected chi connectivity index (χ2v) is 15.2. The molecule has 298 valence electrons. The van der Waals surface area contributed by atoms with E-state index in [2.05, 4.69) is 21.0 Å². The van der Waals surface area contributed by atoms with Crippen LogP contribution in [0.15, 0.2) is 94.6 Å². The zero-order chi connectivity index (χ0) is 40.4. The average molecular weight is 788 g/mol. The number of methoxy groups -OCH3 is 2. The number of nitrogens with one attached hydrogen (secondary N) is 2. The van der Waals surface area contributed by atoms with Gasteiger partial charge in [-0.15, -0.1) is 0 Å². The maximum atomic E-state index is 13.3. The molecule has 0 spiro atoms. The van der Waals surface area contributed by atoms with Gasteiger partial charge in [0.05, 0.1) is 46.0 Å². The molecule has 1 amide bonds. The average Bonchev–Trinajstić information content (AvgIpc) is 3.58. The first-order valence-electron chi connectivity index (χ1n) is 18.4. The van der Waals surface area contributed by atoms with Crippen LogP contribution in [0.2, 0.25) is 0 Å². The van der Waals surface area contributed by atoms with E-state index in [4.69, 9.17) is 28.0 Å². The molecule has 1 unspecified atom stereocenters. The number of carbonyl (C=O) groups excluding carboxylic acids is 1. The number of carbonyl (C=O) groups is 1. The van der Waals surface area contributed by atoms with Gasteiger partial charge in [0, 0.05) is 31.6 Å². The fourth-order valence-electron chi connectivity index (χ4n) is 6.80. The molecule has 2 heterocycles. The number of nitriles is 1. The van der Waals surface area contributed by atoms with Crippen LogP contribution in [0.5, 0.6) is 11.5 Å². The third-order valence-corrected chi connectivity index (χ3v) is 11.5. The van der Waals surface area contributed by atoms with Crippen molar-refractivity contribution in [1.82, 2.24) is 14.2 Å². The van der Waals surface area contributed by atoms with Crippen LogP contribution in [0.1, 0.15) is 70.4 Å². The van der Waals surface area contributed by atoms with Crippen molar-refractivity contribution in [2.45, 2.75) is 83.6 Å². The second-order valence-electron chi connectivity index (χ2n) is 13.8. The molecule has 0 aliphatic carbocycles. The van der Waals surface area contributed by atoms with E-state index in [1.807, 2.05) is 107 Å². The molecule has 0 bridgehead atoms. The summed E-state index contributed by atoms with van der Waals surface area (Å²) >= 11 is 0. The van der Waals surface area contributed by atoms with E-state index in [0.717, 1.165) is 16.7 Å².